The minimum absolute atomic E-state index is 0.0178. The smallest absolute Gasteiger partial charge is 0.322 e. The molecule has 1 aliphatic rings. The molecular formula is C21H26N2O3. The van der Waals surface area contributed by atoms with Gasteiger partial charge in [-0.2, -0.15) is 0 Å². The third kappa shape index (κ3) is 4.62. The molecule has 2 amide bonds. The molecule has 2 atom stereocenters. The number of aliphatic hydroxyl groups is 1. The number of benzene rings is 2. The zero-order chi connectivity index (χ0) is 18.5. The van der Waals surface area contributed by atoms with Crippen LogP contribution in [0, 0.1) is 0 Å². The summed E-state index contributed by atoms with van der Waals surface area (Å²) in [5.41, 5.74) is 3.04. The monoisotopic (exact) mass is 354 g/mol. The van der Waals surface area contributed by atoms with Gasteiger partial charge in [-0.15, -0.1) is 0 Å². The number of aliphatic hydroxyl groups excluding tert-OH is 1. The second-order valence-corrected chi connectivity index (χ2v) is 6.95. The third-order valence-corrected chi connectivity index (χ3v) is 4.47. The van der Waals surface area contributed by atoms with Gasteiger partial charge in [0.15, 0.2) is 0 Å². The largest absolute Gasteiger partial charge is 0.388 e. The number of hydrogen-bond donors (Lipinski definition) is 2. The van der Waals surface area contributed by atoms with Gasteiger partial charge in [-0.1, -0.05) is 48.5 Å². The summed E-state index contributed by atoms with van der Waals surface area (Å²) in [6.45, 7) is 4.53. The van der Waals surface area contributed by atoms with Gasteiger partial charge in [-0.05, 0) is 37.5 Å². The van der Waals surface area contributed by atoms with Gasteiger partial charge in [0.2, 0.25) is 0 Å². The summed E-state index contributed by atoms with van der Waals surface area (Å²) >= 11 is 0. The number of carbonyl (C=O) groups is 1. The maximum absolute atomic E-state index is 12.6. The van der Waals surface area contributed by atoms with Crippen LogP contribution in [-0.4, -0.2) is 47.4 Å². The SMILES string of the molecule is CC(C)O[C@@H]1CN(C(=O)Nc2ccccc2Cc2ccccc2)C[C@H]1O. The van der Waals surface area contributed by atoms with E-state index in [0.717, 1.165) is 17.7 Å². The Morgan fingerprint density at radius 1 is 1.15 bits per heavy atom. The molecule has 2 N–H and O–H groups in total. The average Bonchev–Trinajstić information content (AvgIpc) is 2.98. The molecule has 1 aliphatic heterocycles. The molecule has 2 aromatic carbocycles. The number of amides is 2. The van der Waals surface area contributed by atoms with E-state index in [0.29, 0.717) is 6.54 Å². The van der Waals surface area contributed by atoms with Crippen LogP contribution in [0.25, 0.3) is 0 Å². The van der Waals surface area contributed by atoms with Crippen LogP contribution in [0.4, 0.5) is 10.5 Å². The van der Waals surface area contributed by atoms with E-state index < -0.39 is 6.10 Å². The van der Waals surface area contributed by atoms with E-state index in [1.807, 2.05) is 56.3 Å². The second-order valence-electron chi connectivity index (χ2n) is 6.95. The van der Waals surface area contributed by atoms with Crippen molar-refractivity contribution in [3.8, 4) is 0 Å². The zero-order valence-corrected chi connectivity index (χ0v) is 15.3. The zero-order valence-electron chi connectivity index (χ0n) is 15.3. The first-order valence-electron chi connectivity index (χ1n) is 9.04. The molecular weight excluding hydrogens is 328 g/mol. The second kappa shape index (κ2) is 8.34. The lowest BCUT2D eigenvalue weighted by Crippen LogP contribution is -2.34. The highest BCUT2D eigenvalue weighted by Gasteiger charge is 2.35. The lowest BCUT2D eigenvalue weighted by atomic mass is 10.0. The Morgan fingerprint density at radius 3 is 2.58 bits per heavy atom. The minimum atomic E-state index is -0.650. The van der Waals surface area contributed by atoms with Gasteiger partial charge in [0.25, 0.3) is 0 Å². The molecule has 1 saturated heterocycles. The molecule has 138 valence electrons. The maximum atomic E-state index is 12.6. The van der Waals surface area contributed by atoms with Gasteiger partial charge < -0.3 is 20.1 Å². The Labute approximate surface area is 154 Å². The maximum Gasteiger partial charge on any atom is 0.322 e. The highest BCUT2D eigenvalue weighted by atomic mass is 16.5. The topological polar surface area (TPSA) is 61.8 Å². The average molecular weight is 354 g/mol. The summed E-state index contributed by atoms with van der Waals surface area (Å²) in [5, 5.41) is 13.1. The number of nitrogens with one attached hydrogen (secondary N) is 1. The van der Waals surface area contributed by atoms with Gasteiger partial charge in [-0.3, -0.25) is 0 Å². The van der Waals surface area contributed by atoms with Gasteiger partial charge in [0, 0.05) is 5.69 Å². The molecule has 3 rings (SSSR count). The highest BCUT2D eigenvalue weighted by Crippen LogP contribution is 2.21. The predicted molar refractivity (Wildman–Crippen MR) is 102 cm³/mol. The van der Waals surface area contributed by atoms with Crippen molar-refractivity contribution in [2.45, 2.75) is 38.6 Å². The number of likely N-dealkylation sites (tertiary alicyclic amines) is 1. The summed E-state index contributed by atoms with van der Waals surface area (Å²) in [5.74, 6) is 0. The summed E-state index contributed by atoms with van der Waals surface area (Å²) < 4.78 is 5.69. The number of rotatable bonds is 5. The molecule has 1 heterocycles. The predicted octanol–water partition coefficient (Wildman–Crippen LogP) is 3.28. The van der Waals surface area contributed by atoms with E-state index in [2.05, 4.69) is 17.4 Å². The number of para-hydroxylation sites is 1. The molecule has 5 heteroatoms. The molecule has 0 bridgehead atoms. The molecule has 0 radical (unpaired) electrons. The van der Waals surface area contributed by atoms with Crippen LogP contribution in [0.1, 0.15) is 25.0 Å². The van der Waals surface area contributed by atoms with Crippen molar-refractivity contribution in [1.82, 2.24) is 4.90 Å². The Hall–Kier alpha value is -2.37. The van der Waals surface area contributed by atoms with Crippen LogP contribution in [0.3, 0.4) is 0 Å². The van der Waals surface area contributed by atoms with Crippen molar-refractivity contribution >= 4 is 11.7 Å². The first-order valence-corrected chi connectivity index (χ1v) is 9.04. The van der Waals surface area contributed by atoms with Crippen molar-refractivity contribution in [1.29, 1.82) is 0 Å². The molecule has 26 heavy (non-hydrogen) atoms. The van der Waals surface area contributed by atoms with E-state index in [1.165, 1.54) is 5.56 Å². The van der Waals surface area contributed by atoms with E-state index in [4.69, 9.17) is 4.74 Å². The molecule has 2 aromatic rings. The summed E-state index contributed by atoms with van der Waals surface area (Å²) in [7, 11) is 0. The number of β-amino-alcohol motifs (C(OH)–C–C–N with tert-alkyl or cyclic N) is 1. The van der Waals surface area contributed by atoms with Crippen molar-refractivity contribution in [2.24, 2.45) is 0 Å². The van der Waals surface area contributed by atoms with Crippen LogP contribution >= 0.6 is 0 Å². The first kappa shape index (κ1) is 18.4. The van der Waals surface area contributed by atoms with Gasteiger partial charge in [0.05, 0.1) is 25.3 Å². The number of urea groups is 1. The molecule has 1 fully saturated rings. The quantitative estimate of drug-likeness (QED) is 0.866. The van der Waals surface area contributed by atoms with Crippen molar-refractivity contribution in [2.75, 3.05) is 18.4 Å². The molecule has 0 saturated carbocycles. The summed E-state index contributed by atoms with van der Waals surface area (Å²) in [6, 6.07) is 17.8. The third-order valence-electron chi connectivity index (χ3n) is 4.47. The number of hydrogen-bond acceptors (Lipinski definition) is 3. The van der Waals surface area contributed by atoms with Crippen LogP contribution in [0.15, 0.2) is 54.6 Å². The first-order chi connectivity index (χ1) is 12.5. The Kier molecular flexibility index (Phi) is 5.91. The minimum Gasteiger partial charge on any atom is -0.388 e. The van der Waals surface area contributed by atoms with Gasteiger partial charge in [-0.25, -0.2) is 4.79 Å². The van der Waals surface area contributed by atoms with Crippen LogP contribution in [0.2, 0.25) is 0 Å². The van der Waals surface area contributed by atoms with Crippen LogP contribution in [-0.2, 0) is 11.2 Å². The van der Waals surface area contributed by atoms with E-state index in [9.17, 15) is 9.90 Å². The Balaban J connectivity index is 1.67. The van der Waals surface area contributed by atoms with Gasteiger partial charge in [0.1, 0.15) is 6.10 Å². The van der Waals surface area contributed by atoms with E-state index in [-0.39, 0.29) is 24.8 Å². The number of nitrogens with zero attached hydrogens (tertiary/aromatic N) is 1. The summed E-state index contributed by atoms with van der Waals surface area (Å²) in [4.78, 5) is 14.3. The van der Waals surface area contributed by atoms with Gasteiger partial charge >= 0.3 is 6.03 Å². The Bertz CT molecular complexity index is 733. The number of anilines is 1. The van der Waals surface area contributed by atoms with E-state index >= 15 is 0 Å². The molecule has 0 spiro atoms. The lowest BCUT2D eigenvalue weighted by Gasteiger charge is -2.19. The molecule has 5 nitrogen and oxygen atoms in total. The fraction of sp³-hybridized carbons (Fsp3) is 0.381. The fourth-order valence-corrected chi connectivity index (χ4v) is 3.21. The number of ether oxygens (including phenoxy) is 1. The molecule has 0 aliphatic carbocycles. The van der Waals surface area contributed by atoms with Crippen molar-refractivity contribution in [3.05, 3.63) is 65.7 Å². The van der Waals surface area contributed by atoms with E-state index in [1.54, 1.807) is 4.90 Å². The van der Waals surface area contributed by atoms with Crippen molar-refractivity contribution in [3.63, 3.8) is 0 Å². The highest BCUT2D eigenvalue weighted by molar-refractivity contribution is 5.90. The van der Waals surface area contributed by atoms with Crippen molar-refractivity contribution < 1.29 is 14.6 Å². The normalized spacial score (nSPS) is 19.8. The fourth-order valence-electron chi connectivity index (χ4n) is 3.21. The number of carbonyl (C=O) groups excluding carboxylic acids is 1. The molecule has 0 aromatic heterocycles. The standard InChI is InChI=1S/C21H26N2O3/c1-15(2)26-20-14-23(13-19(20)24)21(25)22-18-11-7-6-10-17(18)12-16-8-4-3-5-9-16/h3-11,15,19-20,24H,12-14H2,1-2H3,(H,22,25)/t19-,20-/m1/s1. The van der Waals surface area contributed by atoms with Crippen LogP contribution < -0.4 is 5.32 Å². The Morgan fingerprint density at radius 2 is 1.85 bits per heavy atom. The lowest BCUT2D eigenvalue weighted by molar-refractivity contribution is -0.0393. The molecule has 0 unspecified atom stereocenters. The van der Waals surface area contributed by atoms with Crippen LogP contribution in [0.5, 0.6) is 0 Å². The summed E-state index contributed by atoms with van der Waals surface area (Å²) in [6.07, 6.45) is -0.216.